The van der Waals surface area contributed by atoms with Crippen molar-refractivity contribution in [3.63, 3.8) is 0 Å². The number of anilines is 3. The SMILES string of the molecule is CO[C@H]1C[C@@H]2CC[C@@H](C)[C@@](O)(O2)C(=O)C(=O)N2CCCC[C@H]2C(=O)O[C@H]([C@H](N)C[C@@H]2CC[C@@H](OC(=O)N3CCc4nc(N5CCN(c6ncc(C(=O)NCCOCCOCCOCCOCCC(=O)NCCCCn7nc(-c8cnc9[nH]ccc9c8)c8c(N)ncnc87)cn6)CC5)ncc4C3)[C@H](OC)C2)CC(=O)[C@H](C)/C=C(\C)[C@@H](O)[C@@H](O)C(=O)[C@H](C)C[C@H](C)/C=C/C=CC=C1C. The molecule has 6 aliphatic rings. The van der Waals surface area contributed by atoms with E-state index in [0.717, 1.165) is 51.2 Å². The Labute approximate surface area is 763 Å². The summed E-state index contributed by atoms with van der Waals surface area (Å²) in [5, 5.41) is 47.0. The summed E-state index contributed by atoms with van der Waals surface area (Å²) in [6.45, 7) is 17.1. The Hall–Kier alpha value is -10.5. The lowest BCUT2D eigenvalue weighted by molar-refractivity contribution is -0.265. The Kier molecular flexibility index (Phi) is 36.6. The molecule has 0 spiro atoms. The van der Waals surface area contributed by atoms with Crippen molar-refractivity contribution in [1.82, 2.24) is 70.1 Å². The first-order valence-electron chi connectivity index (χ1n) is 46.0. The van der Waals surface area contributed by atoms with E-state index in [0.29, 0.717) is 183 Å². The number of pyridine rings is 1. The molecule has 6 aromatic rings. The number of carbonyl (C=O) groups excluding carboxylic acids is 8. The number of hydrogen-bond donors (Lipinski definition) is 8. The highest BCUT2D eigenvalue weighted by molar-refractivity contribution is 6.39. The molecular formula is C93H130N18O20. The summed E-state index contributed by atoms with van der Waals surface area (Å²) in [6, 6.07) is 1.68. The summed E-state index contributed by atoms with van der Waals surface area (Å²) in [5.41, 5.74) is 19.2. The zero-order valence-corrected chi connectivity index (χ0v) is 76.5. The van der Waals surface area contributed by atoms with E-state index >= 15 is 0 Å². The molecule has 0 aromatic carbocycles. The van der Waals surface area contributed by atoms with Gasteiger partial charge in [0.05, 0.1) is 94.4 Å². The van der Waals surface area contributed by atoms with E-state index in [1.807, 2.05) is 72.1 Å². The average molecular weight is 1820 g/mol. The number of amides is 4. The van der Waals surface area contributed by atoms with Crippen LogP contribution in [0.25, 0.3) is 33.3 Å². The number of rotatable bonds is 30. The third kappa shape index (κ3) is 26.7. The molecule has 0 radical (unpaired) electrons. The number of ketones is 3. The van der Waals surface area contributed by atoms with Crippen LogP contribution >= 0.6 is 0 Å². The number of aliphatic hydroxyl groups excluding tert-OH is 2. The number of fused-ring (bicyclic) bond motifs is 6. The van der Waals surface area contributed by atoms with Gasteiger partial charge >= 0.3 is 12.1 Å². The first-order valence-corrected chi connectivity index (χ1v) is 46.0. The summed E-state index contributed by atoms with van der Waals surface area (Å²) in [6.07, 6.45) is 18.7. The smallest absolute Gasteiger partial charge is 0.410 e. The lowest BCUT2D eigenvalue weighted by Crippen LogP contribution is -2.61. The van der Waals surface area contributed by atoms with Crippen LogP contribution < -0.4 is 31.9 Å². The van der Waals surface area contributed by atoms with Gasteiger partial charge in [-0.05, 0) is 126 Å². The molecule has 131 heavy (non-hydrogen) atoms. The fraction of sp³-hybridized carbons (Fsp3) is 0.613. The van der Waals surface area contributed by atoms with Crippen LogP contribution in [0.5, 0.6) is 0 Å². The topological polar surface area (TPSA) is 493 Å². The Bertz CT molecular complexity index is 4980. The summed E-state index contributed by atoms with van der Waals surface area (Å²) in [5.74, 6) is -8.39. The second kappa shape index (κ2) is 48.2. The fourth-order valence-electron chi connectivity index (χ4n) is 17.7. The molecule has 10 N–H and O–H groups in total. The number of esters is 1. The van der Waals surface area contributed by atoms with Gasteiger partial charge in [-0.2, -0.15) is 5.10 Å². The number of piperazine rings is 1. The van der Waals surface area contributed by atoms with Gasteiger partial charge in [-0.1, -0.05) is 64.2 Å². The summed E-state index contributed by atoms with van der Waals surface area (Å²) < 4.78 is 54.9. The van der Waals surface area contributed by atoms with Crippen molar-refractivity contribution >= 4 is 86.9 Å². The first kappa shape index (κ1) is 99.5. The molecule has 5 aliphatic heterocycles. The number of nitrogens with zero attached hydrogens (tertiary/aromatic N) is 13. The van der Waals surface area contributed by atoms with Gasteiger partial charge in [-0.3, -0.25) is 28.8 Å². The Morgan fingerprint density at radius 2 is 1.46 bits per heavy atom. The number of aliphatic hydroxyl groups is 3. The van der Waals surface area contributed by atoms with Crippen molar-refractivity contribution in [3.05, 3.63) is 114 Å². The van der Waals surface area contributed by atoms with Crippen LogP contribution in [-0.4, -0.2) is 302 Å². The number of H-pyrrole nitrogens is 1. The van der Waals surface area contributed by atoms with E-state index in [1.54, 1.807) is 45.2 Å². The molecule has 15 atom stereocenters. The molecule has 12 rings (SSSR count). The molecule has 1 aliphatic carbocycles. The number of cyclic esters (lactones) is 1. The number of nitrogens with two attached hydrogens (primary N) is 2. The first-order chi connectivity index (χ1) is 63.2. The van der Waals surface area contributed by atoms with Crippen molar-refractivity contribution in [2.45, 2.75) is 218 Å². The van der Waals surface area contributed by atoms with Crippen molar-refractivity contribution in [1.29, 1.82) is 0 Å². The van der Waals surface area contributed by atoms with Crippen molar-refractivity contribution < 1.29 is 96.3 Å². The van der Waals surface area contributed by atoms with Gasteiger partial charge in [-0.15, -0.1) is 0 Å². The molecule has 3 saturated heterocycles. The molecular weight excluding hydrogens is 1690 g/mol. The maximum Gasteiger partial charge on any atom is 0.410 e. The normalized spacial score (nSPS) is 26.5. The summed E-state index contributed by atoms with van der Waals surface area (Å²) >= 11 is 0. The maximum absolute atomic E-state index is 14.8. The van der Waals surface area contributed by atoms with Crippen molar-refractivity contribution in [2.75, 3.05) is 135 Å². The van der Waals surface area contributed by atoms with Crippen LogP contribution in [-0.2, 0) is 90.9 Å². The van der Waals surface area contributed by atoms with Crippen LogP contribution in [0, 0.1) is 29.6 Å². The number of nitrogens with one attached hydrogen (secondary N) is 3. The number of hydrogen-bond acceptors (Lipinski definition) is 32. The highest BCUT2D eigenvalue weighted by atomic mass is 16.6. The van der Waals surface area contributed by atoms with Gasteiger partial charge in [0.1, 0.15) is 59.7 Å². The largest absolute Gasteiger partial charge is 0.459 e. The number of aromatic amines is 1. The van der Waals surface area contributed by atoms with E-state index in [9.17, 15) is 53.7 Å². The number of nitrogen functional groups attached to an aromatic ring is 1. The second-order valence-corrected chi connectivity index (χ2v) is 35.2. The predicted molar refractivity (Wildman–Crippen MR) is 483 cm³/mol. The minimum atomic E-state index is -2.52. The molecule has 712 valence electrons. The second-order valence-electron chi connectivity index (χ2n) is 35.2. The molecule has 38 nitrogen and oxygen atoms in total. The Balaban J connectivity index is 0.535. The highest BCUT2D eigenvalue weighted by Gasteiger charge is 2.53. The third-order valence-corrected chi connectivity index (χ3v) is 25.6. The van der Waals surface area contributed by atoms with Crippen LogP contribution in [0.4, 0.5) is 22.5 Å². The van der Waals surface area contributed by atoms with Gasteiger partial charge in [0.2, 0.25) is 23.6 Å². The van der Waals surface area contributed by atoms with Gasteiger partial charge < -0.3 is 105 Å². The standard InChI is InChI=1S/C93H130N18O20/c1-57-16-10-9-11-17-58(2)74(123-7)49-68-21-19-62(6)93(122,131-68)83(117)88(119)110-29-14-12-18-71(110)89(120)129-75(50-72(112)59(3)45-61(5)81(115)82(116)80(114)60(4)44-57)69(94)46-63-20-22-73(76(47-63)124-8)130-92(121)109-31-24-70-67(55-109)54-102-91(105-70)108-34-32-107(33-35-108)90-100-52-66(53-101-90)87(118)98-28-37-126-39-41-128-43-42-127-40-38-125-36-25-77(113)96-26-13-15-30-111-86-78(84(95)103-56-104-86)79(106-111)65-48-64-23-27-97-85(64)99-51-65/h9-11,16-17,23,27,45,48,51-54,56-57,59-60,62-63,68-69,71,73-76,81-82,115-116,122H,12-15,18-22,24-26,28-44,46-47,49-50,55,94H2,1-8H3,(H,96,113)(H,97,99)(H,98,118)(H2,95,103,104)/b11-9?,16-10+,58-17?,61-45+/t57-,59-,60-,62-,63+,68+,69-,71+,73-,74+,75+,76-,81-,82+,93-/m1/s1. The zero-order valence-electron chi connectivity index (χ0n) is 76.5. The minimum Gasteiger partial charge on any atom is -0.459 e. The number of piperidine rings is 1. The number of methoxy groups -OCH3 is 2. The fourth-order valence-corrected chi connectivity index (χ4v) is 17.7. The number of aromatic nitrogens is 10. The van der Waals surface area contributed by atoms with E-state index in [4.69, 9.17) is 69.2 Å². The van der Waals surface area contributed by atoms with E-state index in [-0.39, 0.29) is 87.8 Å². The van der Waals surface area contributed by atoms with E-state index < -0.39 is 120 Å². The lowest BCUT2D eigenvalue weighted by atomic mass is 9.80. The summed E-state index contributed by atoms with van der Waals surface area (Å²) in [4.78, 5) is 153. The highest BCUT2D eigenvalue weighted by Crippen LogP contribution is 2.39. The molecule has 1 saturated carbocycles. The van der Waals surface area contributed by atoms with Crippen LogP contribution in [0.1, 0.15) is 159 Å². The van der Waals surface area contributed by atoms with Crippen molar-refractivity contribution in [2.24, 2.45) is 35.3 Å². The average Bonchev–Trinajstić information content (AvgIpc) is 0.995. The van der Waals surface area contributed by atoms with Gasteiger partial charge in [0.25, 0.3) is 17.6 Å². The van der Waals surface area contributed by atoms with E-state index in [2.05, 4.69) is 45.4 Å². The molecule has 11 heterocycles. The number of Topliss-reactive ketones (excluding diaryl/α,β-unsaturated/α-hetero) is 3. The number of unbranched alkanes of at least 4 members (excludes halogenated alkanes) is 1. The van der Waals surface area contributed by atoms with Crippen LogP contribution in [0.2, 0.25) is 0 Å². The number of ether oxygens (including phenoxy) is 9. The third-order valence-electron chi connectivity index (χ3n) is 25.6. The molecule has 4 amide bonds. The monoisotopic (exact) mass is 1820 g/mol. The quantitative estimate of drug-likeness (QED) is 0.0105. The predicted octanol–water partition coefficient (Wildman–Crippen LogP) is 6.38. The number of allylic oxidation sites excluding steroid dienone is 6. The Morgan fingerprint density at radius 1 is 0.733 bits per heavy atom. The van der Waals surface area contributed by atoms with Gasteiger partial charge in [0, 0.05) is 170 Å². The van der Waals surface area contributed by atoms with Gasteiger partial charge in [-0.25, -0.2) is 49.2 Å². The van der Waals surface area contributed by atoms with Crippen LogP contribution in [0.15, 0.2) is 97.0 Å². The molecule has 4 fully saturated rings. The van der Waals surface area contributed by atoms with Crippen LogP contribution in [0.3, 0.4) is 0 Å². The van der Waals surface area contributed by atoms with Gasteiger partial charge in [0.15, 0.2) is 11.4 Å². The van der Waals surface area contributed by atoms with Crippen molar-refractivity contribution in [3.8, 4) is 11.3 Å². The number of carbonyl (C=O) groups is 8. The molecule has 6 aromatic heterocycles. The molecule has 0 unspecified atom stereocenters. The summed E-state index contributed by atoms with van der Waals surface area (Å²) in [7, 11) is 3.09. The van der Waals surface area contributed by atoms with E-state index in [1.165, 1.54) is 38.8 Å². The maximum atomic E-state index is 14.8. The zero-order chi connectivity index (χ0) is 93.3. The Morgan fingerprint density at radius 3 is 2.20 bits per heavy atom. The lowest BCUT2D eigenvalue weighted by Gasteiger charge is -2.42. The molecule has 2 bridgehead atoms. The molecule has 38 heteroatoms. The minimum absolute atomic E-state index is 0.00712. The number of aryl methyl sites for hydroxylation is 1.